The fourth-order valence-corrected chi connectivity index (χ4v) is 3.89. The van der Waals surface area contributed by atoms with E-state index in [9.17, 15) is 14.4 Å². The highest BCUT2D eigenvalue weighted by Crippen LogP contribution is 2.25. The number of fused-ring (bicyclic) bond motifs is 1. The van der Waals surface area contributed by atoms with Gasteiger partial charge in [-0.25, -0.2) is 9.59 Å². The zero-order valence-electron chi connectivity index (χ0n) is 21.0. The van der Waals surface area contributed by atoms with Crippen molar-refractivity contribution >= 4 is 45.6 Å². The second kappa shape index (κ2) is 11.7. The molecule has 8 nitrogen and oxygen atoms in total. The quantitative estimate of drug-likeness (QED) is 0.147. The largest absolute Gasteiger partial charge is 0.460 e. The van der Waals surface area contributed by atoms with Crippen LogP contribution in [-0.4, -0.2) is 23.7 Å². The molecular weight excluding hydrogens is 601 g/mol. The fraction of sp³-hybridized carbons (Fsp3) is 0.207. The standard InChI is InChI=1S/C29H26INO7/c1-29(2,3)38-28(34)31-23(15-18-7-5-4-6-8-18)27(33)37-21-13-14-22-24(16-21)35-17-25(26(22)32)36-20-11-9-19(30)10-12-20/h4-14,16-17,23H,15H2,1-3H3,(H,31,34)/t23-/m1/s1. The Morgan fingerprint density at radius 3 is 2.34 bits per heavy atom. The number of hydrogen-bond acceptors (Lipinski definition) is 7. The average Bonchev–Trinajstić information content (AvgIpc) is 2.86. The first kappa shape index (κ1) is 27.2. The normalized spacial score (nSPS) is 12.0. The first-order valence-electron chi connectivity index (χ1n) is 11.8. The maximum Gasteiger partial charge on any atom is 0.408 e. The third-order valence-electron chi connectivity index (χ3n) is 5.23. The van der Waals surface area contributed by atoms with E-state index < -0.39 is 23.7 Å². The maximum absolute atomic E-state index is 13.1. The third kappa shape index (κ3) is 7.34. The molecule has 0 saturated carbocycles. The lowest BCUT2D eigenvalue weighted by atomic mass is 10.1. The van der Waals surface area contributed by atoms with E-state index in [4.69, 9.17) is 18.6 Å². The summed E-state index contributed by atoms with van der Waals surface area (Å²) in [6.45, 7) is 5.20. The maximum atomic E-state index is 13.1. The molecule has 0 aliphatic heterocycles. The van der Waals surface area contributed by atoms with Crippen LogP contribution in [0, 0.1) is 3.57 Å². The van der Waals surface area contributed by atoms with Crippen molar-refractivity contribution in [3.63, 3.8) is 0 Å². The molecule has 196 valence electrons. The summed E-state index contributed by atoms with van der Waals surface area (Å²) in [5.74, 6) is -0.00132. The van der Waals surface area contributed by atoms with Gasteiger partial charge in [0.25, 0.3) is 0 Å². The van der Waals surface area contributed by atoms with E-state index in [2.05, 4.69) is 27.9 Å². The monoisotopic (exact) mass is 627 g/mol. The van der Waals surface area contributed by atoms with Crippen LogP contribution in [0.1, 0.15) is 26.3 Å². The summed E-state index contributed by atoms with van der Waals surface area (Å²) in [7, 11) is 0. The lowest BCUT2D eigenvalue weighted by molar-refractivity contribution is -0.136. The van der Waals surface area contributed by atoms with Gasteiger partial charge in [-0.1, -0.05) is 30.3 Å². The van der Waals surface area contributed by atoms with Crippen LogP contribution < -0.4 is 20.2 Å². The third-order valence-corrected chi connectivity index (χ3v) is 5.95. The molecule has 0 aliphatic carbocycles. The van der Waals surface area contributed by atoms with Gasteiger partial charge < -0.3 is 23.9 Å². The van der Waals surface area contributed by atoms with Gasteiger partial charge in [0.2, 0.25) is 11.2 Å². The van der Waals surface area contributed by atoms with Gasteiger partial charge in [0.1, 0.15) is 35.0 Å². The van der Waals surface area contributed by atoms with Crippen LogP contribution in [-0.2, 0) is 16.0 Å². The van der Waals surface area contributed by atoms with Crippen LogP contribution in [0.2, 0.25) is 0 Å². The summed E-state index contributed by atoms with van der Waals surface area (Å²) >= 11 is 2.18. The van der Waals surface area contributed by atoms with Crippen molar-refractivity contribution < 1.29 is 28.2 Å². The molecule has 1 aromatic heterocycles. The summed E-state index contributed by atoms with van der Waals surface area (Å²) in [5.41, 5.74) is -0.0510. The molecule has 3 aromatic carbocycles. The smallest absolute Gasteiger partial charge is 0.408 e. The highest BCUT2D eigenvalue weighted by Gasteiger charge is 2.26. The van der Waals surface area contributed by atoms with Gasteiger partial charge in [0, 0.05) is 16.1 Å². The van der Waals surface area contributed by atoms with E-state index in [-0.39, 0.29) is 34.3 Å². The molecule has 0 bridgehead atoms. The van der Waals surface area contributed by atoms with E-state index in [1.807, 2.05) is 42.5 Å². The molecule has 4 aromatic rings. The summed E-state index contributed by atoms with van der Waals surface area (Å²) in [5, 5.41) is 2.86. The van der Waals surface area contributed by atoms with Crippen molar-refractivity contribution in [2.24, 2.45) is 0 Å². The number of carbonyl (C=O) groups is 2. The van der Waals surface area contributed by atoms with Crippen molar-refractivity contribution in [1.82, 2.24) is 5.32 Å². The molecule has 1 heterocycles. The van der Waals surface area contributed by atoms with Gasteiger partial charge in [-0.2, -0.15) is 0 Å². The highest BCUT2D eigenvalue weighted by molar-refractivity contribution is 14.1. The Labute approximate surface area is 233 Å². The Balaban J connectivity index is 1.53. The molecule has 9 heteroatoms. The topological polar surface area (TPSA) is 104 Å². The molecular formula is C29H26INO7. The van der Waals surface area contributed by atoms with Crippen LogP contribution in [0.25, 0.3) is 11.0 Å². The lowest BCUT2D eigenvalue weighted by Crippen LogP contribution is -2.46. The molecule has 0 radical (unpaired) electrons. The minimum absolute atomic E-state index is 0.0351. The zero-order chi connectivity index (χ0) is 27.3. The Morgan fingerprint density at radius 1 is 0.974 bits per heavy atom. The predicted octanol–water partition coefficient (Wildman–Crippen LogP) is 6.23. The molecule has 1 atom stereocenters. The number of nitrogens with one attached hydrogen (secondary N) is 1. The predicted molar refractivity (Wildman–Crippen MR) is 151 cm³/mol. The Kier molecular flexibility index (Phi) is 8.35. The fourth-order valence-electron chi connectivity index (χ4n) is 3.53. The Bertz CT molecular complexity index is 1490. The van der Waals surface area contributed by atoms with Gasteiger partial charge in [0.05, 0.1) is 5.39 Å². The molecule has 0 unspecified atom stereocenters. The number of amides is 1. The van der Waals surface area contributed by atoms with Crippen LogP contribution >= 0.6 is 22.6 Å². The average molecular weight is 627 g/mol. The SMILES string of the molecule is CC(C)(C)OC(=O)N[C@H](Cc1ccccc1)C(=O)Oc1ccc2c(=O)c(Oc3ccc(I)cc3)coc2c1. The van der Waals surface area contributed by atoms with Crippen LogP contribution in [0.4, 0.5) is 4.79 Å². The van der Waals surface area contributed by atoms with Crippen LogP contribution in [0.3, 0.4) is 0 Å². The summed E-state index contributed by atoms with van der Waals surface area (Å²) in [4.78, 5) is 38.4. The van der Waals surface area contributed by atoms with Gasteiger partial charge >= 0.3 is 12.1 Å². The number of ether oxygens (including phenoxy) is 3. The van der Waals surface area contributed by atoms with Gasteiger partial charge in [0.15, 0.2) is 0 Å². The number of alkyl carbamates (subject to hydrolysis) is 1. The summed E-state index contributed by atoms with van der Waals surface area (Å²) in [6, 6.07) is 19.9. The first-order chi connectivity index (χ1) is 18.1. The summed E-state index contributed by atoms with van der Waals surface area (Å²) in [6.07, 6.45) is 0.678. The number of benzene rings is 3. The van der Waals surface area contributed by atoms with Crippen LogP contribution in [0.5, 0.6) is 17.2 Å². The minimum atomic E-state index is -1.01. The van der Waals surface area contributed by atoms with Gasteiger partial charge in [-0.05, 0) is 85.3 Å². The van der Waals surface area contributed by atoms with E-state index >= 15 is 0 Å². The van der Waals surface area contributed by atoms with Crippen molar-refractivity contribution in [2.75, 3.05) is 0 Å². The van der Waals surface area contributed by atoms with Crippen molar-refractivity contribution in [3.8, 4) is 17.2 Å². The van der Waals surface area contributed by atoms with Gasteiger partial charge in [-0.15, -0.1) is 0 Å². The van der Waals surface area contributed by atoms with E-state index in [1.54, 1.807) is 32.9 Å². The zero-order valence-corrected chi connectivity index (χ0v) is 23.2. The van der Waals surface area contributed by atoms with Gasteiger partial charge in [-0.3, -0.25) is 4.79 Å². The second-order valence-electron chi connectivity index (χ2n) is 9.45. The minimum Gasteiger partial charge on any atom is -0.460 e. The number of hydrogen-bond donors (Lipinski definition) is 1. The molecule has 0 fully saturated rings. The van der Waals surface area contributed by atoms with E-state index in [1.165, 1.54) is 24.5 Å². The number of rotatable bonds is 7. The van der Waals surface area contributed by atoms with E-state index in [0.717, 1.165) is 9.13 Å². The molecule has 1 amide bonds. The first-order valence-corrected chi connectivity index (χ1v) is 12.9. The Morgan fingerprint density at radius 2 is 1.66 bits per heavy atom. The molecule has 38 heavy (non-hydrogen) atoms. The van der Waals surface area contributed by atoms with Crippen molar-refractivity contribution in [2.45, 2.75) is 38.8 Å². The molecule has 0 saturated heterocycles. The lowest BCUT2D eigenvalue weighted by Gasteiger charge is -2.23. The summed E-state index contributed by atoms with van der Waals surface area (Å²) < 4.78 is 23.2. The number of halogens is 1. The van der Waals surface area contributed by atoms with Crippen LogP contribution in [0.15, 0.2) is 88.3 Å². The van der Waals surface area contributed by atoms with Crippen molar-refractivity contribution in [1.29, 1.82) is 0 Å². The Hall–Kier alpha value is -3.86. The molecule has 4 rings (SSSR count). The molecule has 0 aliphatic rings. The highest BCUT2D eigenvalue weighted by atomic mass is 127. The van der Waals surface area contributed by atoms with Crippen molar-refractivity contribution in [3.05, 3.63) is 98.4 Å². The number of esters is 1. The molecule has 1 N–H and O–H groups in total. The number of carbonyl (C=O) groups excluding carboxylic acids is 2. The van der Waals surface area contributed by atoms with E-state index in [0.29, 0.717) is 5.75 Å². The second-order valence-corrected chi connectivity index (χ2v) is 10.7. The molecule has 0 spiro atoms.